The van der Waals surface area contributed by atoms with E-state index in [1.807, 2.05) is 12.5 Å². The van der Waals surface area contributed by atoms with Crippen molar-refractivity contribution in [1.29, 1.82) is 0 Å². The monoisotopic (exact) mass is 252 g/mol. The Morgan fingerprint density at radius 3 is 3.11 bits per heavy atom. The zero-order chi connectivity index (χ0) is 13.0. The van der Waals surface area contributed by atoms with Gasteiger partial charge in [0.2, 0.25) is 0 Å². The lowest BCUT2D eigenvalue weighted by molar-refractivity contribution is 0.00850. The van der Waals surface area contributed by atoms with E-state index in [2.05, 4.69) is 40.7 Å². The fraction of sp³-hybridized carbons (Fsp3) is 0.769. The summed E-state index contributed by atoms with van der Waals surface area (Å²) in [7, 11) is 2.13. The summed E-state index contributed by atoms with van der Waals surface area (Å²) in [6.45, 7) is 8.98. The molecule has 2 rings (SSSR count). The second-order valence-electron chi connectivity index (χ2n) is 5.28. The molecule has 0 radical (unpaired) electrons. The minimum atomic E-state index is 0.305. The summed E-state index contributed by atoms with van der Waals surface area (Å²) in [5.41, 5.74) is 1.26. The molecule has 1 aromatic rings. The third-order valence-corrected chi connectivity index (χ3v) is 3.25. The molecular formula is C13H24N4O. The second kappa shape index (κ2) is 6.31. The van der Waals surface area contributed by atoms with Gasteiger partial charge in [-0.25, -0.2) is 4.98 Å². The molecule has 1 unspecified atom stereocenters. The molecule has 1 N–H and O–H groups in total. The number of rotatable bonds is 5. The van der Waals surface area contributed by atoms with E-state index in [4.69, 9.17) is 4.74 Å². The predicted molar refractivity (Wildman–Crippen MR) is 71.6 cm³/mol. The molecule has 102 valence electrons. The number of likely N-dealkylation sites (N-methyl/N-ethyl adjacent to an activating group) is 1. The SMILES string of the molecule is CC(C)n1cncc1CN(C)CC1CNCCO1. The topological polar surface area (TPSA) is 42.3 Å². The van der Waals surface area contributed by atoms with Crippen LogP contribution in [0, 0.1) is 0 Å². The van der Waals surface area contributed by atoms with Crippen LogP contribution < -0.4 is 5.32 Å². The number of hydrogen-bond donors (Lipinski definition) is 1. The van der Waals surface area contributed by atoms with Crippen LogP contribution in [0.3, 0.4) is 0 Å². The second-order valence-corrected chi connectivity index (χ2v) is 5.28. The molecule has 0 aliphatic carbocycles. The van der Waals surface area contributed by atoms with Gasteiger partial charge in [-0.1, -0.05) is 0 Å². The van der Waals surface area contributed by atoms with Gasteiger partial charge in [0, 0.05) is 38.4 Å². The van der Waals surface area contributed by atoms with E-state index < -0.39 is 0 Å². The van der Waals surface area contributed by atoms with E-state index in [0.717, 1.165) is 32.8 Å². The number of imidazole rings is 1. The number of morpholine rings is 1. The maximum Gasteiger partial charge on any atom is 0.0951 e. The Labute approximate surface area is 109 Å². The Kier molecular flexibility index (Phi) is 4.74. The maximum atomic E-state index is 5.72. The molecule has 0 saturated carbocycles. The van der Waals surface area contributed by atoms with Crippen molar-refractivity contribution in [2.45, 2.75) is 32.5 Å². The molecule has 1 saturated heterocycles. The van der Waals surface area contributed by atoms with Crippen molar-refractivity contribution in [1.82, 2.24) is 19.8 Å². The van der Waals surface area contributed by atoms with Gasteiger partial charge < -0.3 is 14.6 Å². The molecule has 0 amide bonds. The summed E-state index contributed by atoms with van der Waals surface area (Å²) in [5.74, 6) is 0. The van der Waals surface area contributed by atoms with Crippen LogP contribution in [0.4, 0.5) is 0 Å². The molecule has 1 aliphatic heterocycles. The minimum Gasteiger partial charge on any atom is -0.374 e. The van der Waals surface area contributed by atoms with Gasteiger partial charge in [0.1, 0.15) is 0 Å². The summed E-state index contributed by atoms with van der Waals surface area (Å²) in [5, 5.41) is 3.36. The molecule has 1 atom stereocenters. The smallest absolute Gasteiger partial charge is 0.0951 e. The first-order chi connectivity index (χ1) is 8.66. The Bertz CT molecular complexity index is 358. The summed E-state index contributed by atoms with van der Waals surface area (Å²) in [6, 6.07) is 0.462. The van der Waals surface area contributed by atoms with Crippen LogP contribution in [0.2, 0.25) is 0 Å². The van der Waals surface area contributed by atoms with Gasteiger partial charge in [0.15, 0.2) is 0 Å². The molecule has 0 spiro atoms. The van der Waals surface area contributed by atoms with Gasteiger partial charge in [-0.15, -0.1) is 0 Å². The van der Waals surface area contributed by atoms with Crippen LogP contribution in [0.5, 0.6) is 0 Å². The summed E-state index contributed by atoms with van der Waals surface area (Å²) >= 11 is 0. The zero-order valence-corrected chi connectivity index (χ0v) is 11.6. The molecule has 1 fully saturated rings. The van der Waals surface area contributed by atoms with E-state index >= 15 is 0 Å². The Hall–Kier alpha value is -0.910. The lowest BCUT2D eigenvalue weighted by Crippen LogP contribution is -2.44. The van der Waals surface area contributed by atoms with Gasteiger partial charge in [0.05, 0.1) is 24.7 Å². The first-order valence-corrected chi connectivity index (χ1v) is 6.68. The third kappa shape index (κ3) is 3.54. The van der Waals surface area contributed by atoms with Crippen molar-refractivity contribution in [3.05, 3.63) is 18.2 Å². The number of hydrogen-bond acceptors (Lipinski definition) is 4. The van der Waals surface area contributed by atoms with Crippen molar-refractivity contribution >= 4 is 0 Å². The molecule has 18 heavy (non-hydrogen) atoms. The number of aromatic nitrogens is 2. The van der Waals surface area contributed by atoms with E-state index in [-0.39, 0.29) is 0 Å². The van der Waals surface area contributed by atoms with Gasteiger partial charge >= 0.3 is 0 Å². The first kappa shape index (κ1) is 13.5. The standard InChI is InChI=1S/C13H24N4O/c1-11(2)17-10-15-6-12(17)8-16(3)9-13-7-14-4-5-18-13/h6,10-11,13-14H,4-5,7-9H2,1-3H3. The van der Waals surface area contributed by atoms with E-state index in [1.165, 1.54) is 5.69 Å². The third-order valence-electron chi connectivity index (χ3n) is 3.25. The Morgan fingerprint density at radius 1 is 1.61 bits per heavy atom. The number of ether oxygens (including phenoxy) is 1. The van der Waals surface area contributed by atoms with Gasteiger partial charge in [-0.3, -0.25) is 4.90 Å². The van der Waals surface area contributed by atoms with Gasteiger partial charge in [-0.2, -0.15) is 0 Å². The molecule has 0 bridgehead atoms. The molecule has 2 heterocycles. The van der Waals surface area contributed by atoms with Crippen molar-refractivity contribution in [3.8, 4) is 0 Å². The molecule has 0 aromatic carbocycles. The fourth-order valence-corrected chi connectivity index (χ4v) is 2.35. The van der Waals surface area contributed by atoms with Crippen LogP contribution in [-0.4, -0.2) is 53.8 Å². The normalized spacial score (nSPS) is 20.8. The van der Waals surface area contributed by atoms with Crippen LogP contribution >= 0.6 is 0 Å². The highest BCUT2D eigenvalue weighted by atomic mass is 16.5. The fourth-order valence-electron chi connectivity index (χ4n) is 2.35. The Balaban J connectivity index is 1.86. The highest BCUT2D eigenvalue weighted by molar-refractivity contribution is 4.99. The lowest BCUT2D eigenvalue weighted by atomic mass is 10.2. The summed E-state index contributed by atoms with van der Waals surface area (Å²) in [6.07, 6.45) is 4.17. The zero-order valence-electron chi connectivity index (χ0n) is 11.6. The van der Waals surface area contributed by atoms with E-state index in [9.17, 15) is 0 Å². The molecular weight excluding hydrogens is 228 g/mol. The molecule has 1 aliphatic rings. The van der Waals surface area contributed by atoms with Crippen LogP contribution in [0.15, 0.2) is 12.5 Å². The largest absolute Gasteiger partial charge is 0.374 e. The van der Waals surface area contributed by atoms with Gasteiger partial charge in [0.25, 0.3) is 0 Å². The van der Waals surface area contributed by atoms with E-state index in [0.29, 0.717) is 12.1 Å². The van der Waals surface area contributed by atoms with Crippen molar-refractivity contribution in [2.75, 3.05) is 33.3 Å². The maximum absolute atomic E-state index is 5.72. The molecule has 5 nitrogen and oxygen atoms in total. The van der Waals surface area contributed by atoms with Crippen molar-refractivity contribution < 1.29 is 4.74 Å². The lowest BCUT2D eigenvalue weighted by Gasteiger charge is -2.28. The minimum absolute atomic E-state index is 0.305. The number of nitrogens with zero attached hydrogens (tertiary/aromatic N) is 3. The van der Waals surface area contributed by atoms with Crippen molar-refractivity contribution in [3.63, 3.8) is 0 Å². The highest BCUT2D eigenvalue weighted by Gasteiger charge is 2.16. The highest BCUT2D eigenvalue weighted by Crippen LogP contribution is 2.11. The molecule has 1 aromatic heterocycles. The van der Waals surface area contributed by atoms with Crippen LogP contribution in [-0.2, 0) is 11.3 Å². The van der Waals surface area contributed by atoms with Gasteiger partial charge in [-0.05, 0) is 20.9 Å². The summed E-state index contributed by atoms with van der Waals surface area (Å²) < 4.78 is 7.94. The first-order valence-electron chi connectivity index (χ1n) is 6.68. The average Bonchev–Trinajstić information content (AvgIpc) is 2.78. The molecule has 5 heteroatoms. The summed E-state index contributed by atoms with van der Waals surface area (Å²) in [4.78, 5) is 6.54. The quantitative estimate of drug-likeness (QED) is 0.845. The average molecular weight is 252 g/mol. The predicted octanol–water partition coefficient (Wildman–Crippen LogP) is 0.884. The van der Waals surface area contributed by atoms with Crippen molar-refractivity contribution in [2.24, 2.45) is 0 Å². The number of nitrogens with one attached hydrogen (secondary N) is 1. The van der Waals surface area contributed by atoms with Crippen LogP contribution in [0.1, 0.15) is 25.6 Å². The van der Waals surface area contributed by atoms with E-state index in [1.54, 1.807) is 0 Å². The van der Waals surface area contributed by atoms with Crippen LogP contribution in [0.25, 0.3) is 0 Å². The Morgan fingerprint density at radius 2 is 2.44 bits per heavy atom.